The van der Waals surface area contributed by atoms with E-state index in [-0.39, 0.29) is 24.8 Å². The van der Waals surface area contributed by atoms with Gasteiger partial charge >= 0.3 is 0 Å². The highest BCUT2D eigenvalue weighted by Crippen LogP contribution is 1.91. The molecule has 5 heteroatoms. The van der Waals surface area contributed by atoms with Crippen molar-refractivity contribution in [2.24, 2.45) is 0 Å². The summed E-state index contributed by atoms with van der Waals surface area (Å²) in [5.41, 5.74) is 0. The normalized spacial score (nSPS) is 18.3. The highest BCUT2D eigenvalue weighted by atomic mass is 35.5. The van der Waals surface area contributed by atoms with Gasteiger partial charge in [0.05, 0.1) is 0 Å². The lowest BCUT2D eigenvalue weighted by Crippen LogP contribution is -2.44. The molecular weight excluding hydrogens is 203 g/mol. The number of thiol groups is 1. The Hall–Kier alpha value is 0.850. The van der Waals surface area contributed by atoms with E-state index < -0.39 is 0 Å². The standard InChI is InChI=1S/C6H14N2S.2ClH/c9-6-5-8-3-1-7-2-4-8;;/h7,9H,1-6H2;2*1H. The minimum Gasteiger partial charge on any atom is -0.314 e. The van der Waals surface area contributed by atoms with E-state index >= 15 is 0 Å². The molecule has 1 fully saturated rings. The number of piperazine rings is 1. The van der Waals surface area contributed by atoms with E-state index in [1.54, 1.807) is 0 Å². The minimum atomic E-state index is 0. The largest absolute Gasteiger partial charge is 0.314 e. The molecule has 70 valence electrons. The smallest absolute Gasteiger partial charge is 0.0108 e. The van der Waals surface area contributed by atoms with Gasteiger partial charge in [-0.1, -0.05) is 0 Å². The number of hydrogen-bond donors (Lipinski definition) is 2. The molecule has 0 aliphatic carbocycles. The first kappa shape index (κ1) is 14.4. The molecule has 0 aromatic carbocycles. The maximum atomic E-state index is 4.17. The second kappa shape index (κ2) is 8.94. The van der Waals surface area contributed by atoms with E-state index in [1.165, 1.54) is 13.1 Å². The Morgan fingerprint density at radius 3 is 2.18 bits per heavy atom. The minimum absolute atomic E-state index is 0. The zero-order valence-electron chi connectivity index (χ0n) is 6.45. The Bertz CT molecular complexity index is 76.2. The van der Waals surface area contributed by atoms with Crippen LogP contribution in [0.5, 0.6) is 0 Å². The Labute approximate surface area is 86.3 Å². The van der Waals surface area contributed by atoms with Gasteiger partial charge < -0.3 is 10.2 Å². The Kier molecular flexibility index (Phi) is 11.7. The van der Waals surface area contributed by atoms with Crippen LogP contribution in [0.4, 0.5) is 0 Å². The molecule has 1 N–H and O–H groups in total. The van der Waals surface area contributed by atoms with Crippen LogP contribution in [-0.4, -0.2) is 43.4 Å². The molecule has 1 saturated heterocycles. The predicted molar refractivity (Wildman–Crippen MR) is 57.7 cm³/mol. The van der Waals surface area contributed by atoms with Crippen molar-refractivity contribution in [3.63, 3.8) is 0 Å². The molecule has 1 aliphatic heterocycles. The second-order valence-corrected chi connectivity index (χ2v) is 2.76. The van der Waals surface area contributed by atoms with Crippen molar-refractivity contribution in [2.75, 3.05) is 38.5 Å². The maximum Gasteiger partial charge on any atom is 0.0108 e. The van der Waals surface area contributed by atoms with Crippen molar-refractivity contribution < 1.29 is 0 Å². The Morgan fingerprint density at radius 2 is 1.73 bits per heavy atom. The first-order valence-electron chi connectivity index (χ1n) is 3.47. The van der Waals surface area contributed by atoms with Gasteiger partial charge in [-0.15, -0.1) is 24.8 Å². The van der Waals surface area contributed by atoms with Crippen LogP contribution in [0.3, 0.4) is 0 Å². The van der Waals surface area contributed by atoms with E-state index in [1.807, 2.05) is 0 Å². The third kappa shape index (κ3) is 6.05. The van der Waals surface area contributed by atoms with Crippen LogP contribution < -0.4 is 5.32 Å². The van der Waals surface area contributed by atoms with Crippen molar-refractivity contribution in [3.8, 4) is 0 Å². The Balaban J connectivity index is 0. The summed E-state index contributed by atoms with van der Waals surface area (Å²) >= 11 is 4.17. The number of nitrogens with one attached hydrogen (secondary N) is 1. The predicted octanol–water partition coefficient (Wildman–Crippen LogP) is 0.665. The molecule has 1 heterocycles. The van der Waals surface area contributed by atoms with Crippen molar-refractivity contribution in [1.82, 2.24) is 10.2 Å². The van der Waals surface area contributed by atoms with E-state index in [4.69, 9.17) is 0 Å². The van der Waals surface area contributed by atoms with E-state index in [0.29, 0.717) is 0 Å². The lowest BCUT2D eigenvalue weighted by atomic mass is 10.4. The molecule has 2 nitrogen and oxygen atoms in total. The molecule has 0 aromatic heterocycles. The molecule has 0 unspecified atom stereocenters. The summed E-state index contributed by atoms with van der Waals surface area (Å²) in [6.45, 7) is 5.83. The highest BCUT2D eigenvalue weighted by Gasteiger charge is 2.06. The SMILES string of the molecule is Cl.Cl.SCCN1CCNCC1. The molecule has 0 spiro atoms. The van der Waals surface area contributed by atoms with E-state index in [2.05, 4.69) is 22.8 Å². The summed E-state index contributed by atoms with van der Waals surface area (Å²) in [5, 5.41) is 3.31. The fourth-order valence-corrected chi connectivity index (χ4v) is 1.36. The van der Waals surface area contributed by atoms with Gasteiger partial charge in [0.1, 0.15) is 0 Å². The first-order chi connectivity index (χ1) is 4.43. The monoisotopic (exact) mass is 218 g/mol. The van der Waals surface area contributed by atoms with Crippen LogP contribution in [0.15, 0.2) is 0 Å². The quantitative estimate of drug-likeness (QED) is 0.663. The molecule has 0 radical (unpaired) electrons. The molecule has 1 aliphatic rings. The molecule has 11 heavy (non-hydrogen) atoms. The van der Waals surface area contributed by atoms with Crippen molar-refractivity contribution in [1.29, 1.82) is 0 Å². The molecule has 0 amide bonds. The fourth-order valence-electron chi connectivity index (χ4n) is 1.08. The maximum absolute atomic E-state index is 4.17. The van der Waals surface area contributed by atoms with Crippen LogP contribution in [0, 0.1) is 0 Å². The molecular formula is C6H16Cl2N2S. The summed E-state index contributed by atoms with van der Waals surface area (Å²) in [7, 11) is 0. The Morgan fingerprint density at radius 1 is 1.18 bits per heavy atom. The average Bonchev–Trinajstić information content (AvgIpc) is 1.91. The third-order valence-electron chi connectivity index (χ3n) is 1.63. The summed E-state index contributed by atoms with van der Waals surface area (Å²) in [5.74, 6) is 0.986. The van der Waals surface area contributed by atoms with Gasteiger partial charge in [-0.05, 0) is 0 Å². The summed E-state index contributed by atoms with van der Waals surface area (Å²) in [4.78, 5) is 2.43. The average molecular weight is 219 g/mol. The lowest BCUT2D eigenvalue weighted by molar-refractivity contribution is 0.255. The zero-order valence-corrected chi connectivity index (χ0v) is 8.98. The molecule has 1 rings (SSSR count). The van der Waals surface area contributed by atoms with Crippen molar-refractivity contribution in [3.05, 3.63) is 0 Å². The van der Waals surface area contributed by atoms with Gasteiger partial charge in [0.25, 0.3) is 0 Å². The highest BCUT2D eigenvalue weighted by molar-refractivity contribution is 7.80. The number of hydrogen-bond acceptors (Lipinski definition) is 3. The number of nitrogens with zero attached hydrogens (tertiary/aromatic N) is 1. The number of halogens is 2. The summed E-state index contributed by atoms with van der Waals surface area (Å²) in [6, 6.07) is 0. The van der Waals surface area contributed by atoms with Crippen molar-refractivity contribution in [2.45, 2.75) is 0 Å². The van der Waals surface area contributed by atoms with E-state index in [0.717, 1.165) is 25.4 Å². The van der Waals surface area contributed by atoms with Crippen LogP contribution in [0.2, 0.25) is 0 Å². The second-order valence-electron chi connectivity index (χ2n) is 2.32. The number of rotatable bonds is 2. The first-order valence-corrected chi connectivity index (χ1v) is 4.10. The van der Waals surface area contributed by atoms with Gasteiger partial charge in [0, 0.05) is 38.5 Å². The molecule has 0 saturated carbocycles. The molecule has 0 aromatic rings. The van der Waals surface area contributed by atoms with Gasteiger partial charge in [-0.2, -0.15) is 12.6 Å². The fraction of sp³-hybridized carbons (Fsp3) is 1.00. The third-order valence-corrected chi connectivity index (χ3v) is 1.83. The van der Waals surface area contributed by atoms with Crippen LogP contribution in [-0.2, 0) is 0 Å². The van der Waals surface area contributed by atoms with Crippen molar-refractivity contribution >= 4 is 37.4 Å². The van der Waals surface area contributed by atoms with Gasteiger partial charge in [0.15, 0.2) is 0 Å². The van der Waals surface area contributed by atoms with Crippen LogP contribution in [0.1, 0.15) is 0 Å². The van der Waals surface area contributed by atoms with Crippen LogP contribution in [0.25, 0.3) is 0 Å². The van der Waals surface area contributed by atoms with Crippen LogP contribution >= 0.6 is 37.4 Å². The zero-order chi connectivity index (χ0) is 6.53. The van der Waals surface area contributed by atoms with Gasteiger partial charge in [-0.25, -0.2) is 0 Å². The topological polar surface area (TPSA) is 15.3 Å². The molecule has 0 bridgehead atoms. The summed E-state index contributed by atoms with van der Waals surface area (Å²) in [6.07, 6.45) is 0. The summed E-state index contributed by atoms with van der Waals surface area (Å²) < 4.78 is 0. The van der Waals surface area contributed by atoms with E-state index in [9.17, 15) is 0 Å². The van der Waals surface area contributed by atoms with Gasteiger partial charge in [0.2, 0.25) is 0 Å². The molecule has 0 atom stereocenters. The van der Waals surface area contributed by atoms with Gasteiger partial charge in [-0.3, -0.25) is 0 Å². The lowest BCUT2D eigenvalue weighted by Gasteiger charge is -2.26.